The fraction of sp³-hybridized carbons (Fsp3) is 0.415. The molecule has 5 nitrogen and oxygen atoms in total. The van der Waals surface area contributed by atoms with Crippen LogP contribution in [0.4, 0.5) is 13.2 Å². The van der Waals surface area contributed by atoms with Crippen LogP contribution in [0.1, 0.15) is 91.4 Å². The Balaban J connectivity index is 1.34. The van der Waals surface area contributed by atoms with Crippen LogP contribution in [-0.2, 0) is 18.3 Å². The third-order valence-corrected chi connectivity index (χ3v) is 10.5. The molecule has 2 saturated heterocycles. The molecule has 2 aliphatic heterocycles. The molecule has 0 radical (unpaired) electrons. The van der Waals surface area contributed by atoms with Crippen molar-refractivity contribution in [2.45, 2.75) is 83.1 Å². The summed E-state index contributed by atoms with van der Waals surface area (Å²) in [6.45, 7) is 8.48. The molecule has 1 aliphatic carbocycles. The zero-order chi connectivity index (χ0) is 34.2. The molecule has 1 saturated carbocycles. The second kappa shape index (κ2) is 13.7. The van der Waals surface area contributed by atoms with Gasteiger partial charge < -0.3 is 10.2 Å². The van der Waals surface area contributed by atoms with Gasteiger partial charge in [-0.2, -0.15) is 13.2 Å². The predicted molar refractivity (Wildman–Crippen MR) is 190 cm³/mol. The van der Waals surface area contributed by atoms with Crippen molar-refractivity contribution in [3.8, 4) is 11.3 Å². The van der Waals surface area contributed by atoms with Crippen molar-refractivity contribution in [1.82, 2.24) is 20.1 Å². The van der Waals surface area contributed by atoms with Crippen LogP contribution in [0.5, 0.6) is 0 Å². The lowest BCUT2D eigenvalue weighted by Gasteiger charge is -2.40. The number of carbonyl (C=O) groups is 1. The number of pyridine rings is 1. The highest BCUT2D eigenvalue weighted by Crippen LogP contribution is 2.46. The number of halogens is 3. The Hall–Kier alpha value is -4.01. The molecule has 3 aromatic carbocycles. The summed E-state index contributed by atoms with van der Waals surface area (Å²) < 4.78 is 42.1. The van der Waals surface area contributed by atoms with Gasteiger partial charge in [-0.05, 0) is 108 Å². The number of benzene rings is 3. The first kappa shape index (κ1) is 33.5. The zero-order valence-electron chi connectivity index (χ0n) is 28.5. The highest BCUT2D eigenvalue weighted by molar-refractivity contribution is 6.09. The van der Waals surface area contributed by atoms with Crippen LogP contribution in [0.3, 0.4) is 0 Å². The molecule has 3 fully saturated rings. The number of likely N-dealkylation sites (tertiary alicyclic amines) is 2. The topological polar surface area (TPSA) is 48.5 Å². The summed E-state index contributed by atoms with van der Waals surface area (Å²) in [6, 6.07) is 21.9. The minimum Gasteiger partial charge on any atom is -0.342 e. The van der Waals surface area contributed by atoms with Crippen LogP contribution >= 0.6 is 0 Å². The van der Waals surface area contributed by atoms with E-state index in [9.17, 15) is 18.0 Å². The highest BCUT2D eigenvalue weighted by atomic mass is 19.4. The zero-order valence-corrected chi connectivity index (χ0v) is 28.5. The molecule has 256 valence electrons. The van der Waals surface area contributed by atoms with Crippen molar-refractivity contribution in [1.29, 1.82) is 0 Å². The van der Waals surface area contributed by atoms with Gasteiger partial charge in [0.25, 0.3) is 5.91 Å². The predicted octanol–water partition coefficient (Wildman–Crippen LogP) is 9.21. The molecule has 3 aliphatic rings. The number of nitrogens with zero attached hydrogens (tertiary/aromatic N) is 3. The largest absolute Gasteiger partial charge is 0.416 e. The Morgan fingerprint density at radius 3 is 2.33 bits per heavy atom. The van der Waals surface area contributed by atoms with Gasteiger partial charge in [0.05, 0.1) is 27.9 Å². The maximum Gasteiger partial charge on any atom is 0.416 e. The lowest BCUT2D eigenvalue weighted by Crippen LogP contribution is -2.46. The Morgan fingerprint density at radius 2 is 1.65 bits per heavy atom. The van der Waals surface area contributed by atoms with E-state index < -0.39 is 17.3 Å². The molecule has 8 heteroatoms. The highest BCUT2D eigenvalue weighted by Gasteiger charge is 2.46. The molecule has 49 heavy (non-hydrogen) atoms. The molecule has 7 rings (SSSR count). The van der Waals surface area contributed by atoms with Crippen LogP contribution in [0.2, 0.25) is 0 Å². The maximum absolute atomic E-state index is 14.7. The van der Waals surface area contributed by atoms with Gasteiger partial charge in [-0.25, -0.2) is 4.98 Å². The standard InChI is InChI=1S/C41H45F3N4O/c1-28(2)24-29-14-15-34-36(25-29)45-38(30-10-9-13-32(26-30)41(42,43)44)35(27-47-22-16-33(17-23-47)48-20-7-4-8-21-48)37(34)39(49)46-40(18-19-40)31-11-5-3-6-12-31/h3,5-6,9-15,24-26,33H,4,7-8,16-23,27H2,1-2H3,(H,46,49). The number of carbonyl (C=O) groups excluding carboxylic acids is 1. The van der Waals surface area contributed by atoms with E-state index in [4.69, 9.17) is 4.98 Å². The molecular weight excluding hydrogens is 621 g/mol. The Morgan fingerprint density at radius 1 is 0.918 bits per heavy atom. The lowest BCUT2D eigenvalue weighted by atomic mass is 9.92. The first-order chi connectivity index (χ1) is 23.6. The molecule has 0 bridgehead atoms. The van der Waals surface area contributed by atoms with Crippen molar-refractivity contribution < 1.29 is 18.0 Å². The summed E-state index contributed by atoms with van der Waals surface area (Å²) in [6.07, 6.45) is 5.06. The molecule has 1 aromatic heterocycles. The third-order valence-electron chi connectivity index (χ3n) is 10.5. The number of piperidine rings is 2. The van der Waals surface area contributed by atoms with Gasteiger partial charge in [-0.3, -0.25) is 9.69 Å². The number of aromatic nitrogens is 1. The van der Waals surface area contributed by atoms with Gasteiger partial charge in [0.2, 0.25) is 0 Å². The number of rotatable bonds is 8. The van der Waals surface area contributed by atoms with E-state index in [1.165, 1.54) is 31.4 Å². The first-order valence-electron chi connectivity index (χ1n) is 17.7. The van der Waals surface area contributed by atoms with Gasteiger partial charge >= 0.3 is 6.18 Å². The van der Waals surface area contributed by atoms with Crippen LogP contribution in [0.15, 0.2) is 78.4 Å². The second-order valence-electron chi connectivity index (χ2n) is 14.4. The number of nitrogens with one attached hydrogen (secondary N) is 1. The van der Waals surface area contributed by atoms with Crippen LogP contribution < -0.4 is 5.32 Å². The van der Waals surface area contributed by atoms with Crippen molar-refractivity contribution >= 4 is 22.9 Å². The lowest BCUT2D eigenvalue weighted by molar-refractivity contribution is -0.137. The molecule has 1 amide bonds. The molecule has 3 heterocycles. The molecule has 0 atom stereocenters. The Bertz CT molecular complexity index is 1850. The van der Waals surface area contributed by atoms with E-state index in [0.717, 1.165) is 74.6 Å². The van der Waals surface area contributed by atoms with Crippen LogP contribution in [0, 0.1) is 0 Å². The summed E-state index contributed by atoms with van der Waals surface area (Å²) in [4.78, 5) is 24.8. The maximum atomic E-state index is 14.7. The van der Waals surface area contributed by atoms with Gasteiger partial charge in [0, 0.05) is 29.1 Å². The molecule has 1 N–H and O–H groups in total. The number of alkyl halides is 3. The van der Waals surface area contributed by atoms with Gasteiger partial charge in [0.15, 0.2) is 0 Å². The second-order valence-corrected chi connectivity index (χ2v) is 14.4. The summed E-state index contributed by atoms with van der Waals surface area (Å²) >= 11 is 0. The monoisotopic (exact) mass is 666 g/mol. The average molecular weight is 667 g/mol. The minimum absolute atomic E-state index is 0.213. The van der Waals surface area contributed by atoms with E-state index in [0.29, 0.717) is 45.9 Å². The summed E-state index contributed by atoms with van der Waals surface area (Å²) in [7, 11) is 0. The fourth-order valence-electron chi connectivity index (χ4n) is 7.84. The number of amides is 1. The number of fused-ring (bicyclic) bond motifs is 1. The third kappa shape index (κ3) is 7.31. The number of allylic oxidation sites excluding steroid dienone is 1. The SMILES string of the molecule is CC(C)=Cc1ccc2c(C(=O)NC3(c4ccccc4)CC3)c(CN3CCC(N4CCCCC4)CC3)c(-c3cccc(C(F)(F)F)c3)nc2c1. The normalized spacial score (nSPS) is 18.7. The molecule has 0 spiro atoms. The van der Waals surface area contributed by atoms with E-state index in [2.05, 4.69) is 15.1 Å². The quantitative estimate of drug-likeness (QED) is 0.204. The van der Waals surface area contributed by atoms with Gasteiger partial charge in [-0.1, -0.05) is 72.7 Å². The van der Waals surface area contributed by atoms with E-state index in [-0.39, 0.29) is 5.91 Å². The van der Waals surface area contributed by atoms with Crippen molar-refractivity contribution in [2.24, 2.45) is 0 Å². The fourth-order valence-corrected chi connectivity index (χ4v) is 7.84. The first-order valence-corrected chi connectivity index (χ1v) is 17.7. The summed E-state index contributed by atoms with van der Waals surface area (Å²) in [5, 5.41) is 4.11. The minimum atomic E-state index is -4.51. The molecule has 0 unspecified atom stereocenters. The average Bonchev–Trinajstić information content (AvgIpc) is 3.89. The Labute approximate surface area is 287 Å². The molecule has 4 aromatic rings. The van der Waals surface area contributed by atoms with Gasteiger partial charge in [-0.15, -0.1) is 0 Å². The number of hydrogen-bond acceptors (Lipinski definition) is 4. The van der Waals surface area contributed by atoms with Crippen molar-refractivity contribution in [3.05, 3.63) is 106 Å². The van der Waals surface area contributed by atoms with Gasteiger partial charge in [0.1, 0.15) is 0 Å². The van der Waals surface area contributed by atoms with E-state index >= 15 is 0 Å². The Kier molecular flexibility index (Phi) is 9.37. The van der Waals surface area contributed by atoms with E-state index in [1.807, 2.05) is 68.5 Å². The molecular formula is C41H45F3N4O. The van der Waals surface area contributed by atoms with E-state index in [1.54, 1.807) is 6.07 Å². The van der Waals surface area contributed by atoms with Crippen LogP contribution in [-0.4, -0.2) is 52.9 Å². The summed E-state index contributed by atoms with van der Waals surface area (Å²) in [5.41, 5.74) is 4.47. The van der Waals surface area contributed by atoms with Crippen molar-refractivity contribution in [2.75, 3.05) is 26.2 Å². The van der Waals surface area contributed by atoms with Crippen LogP contribution in [0.25, 0.3) is 28.2 Å². The smallest absolute Gasteiger partial charge is 0.342 e. The summed E-state index contributed by atoms with van der Waals surface area (Å²) in [5.74, 6) is -0.213. The number of hydrogen-bond donors (Lipinski definition) is 1. The van der Waals surface area contributed by atoms with Crippen molar-refractivity contribution in [3.63, 3.8) is 0 Å².